The lowest BCUT2D eigenvalue weighted by molar-refractivity contribution is -0.150. The number of methoxy groups -OCH3 is 1. The smallest absolute Gasteiger partial charge is 0.328 e. The average Bonchev–Trinajstić information content (AvgIpc) is 2.46. The van der Waals surface area contributed by atoms with Crippen molar-refractivity contribution < 1.29 is 14.3 Å². The Bertz CT molecular complexity index is 229. The first-order valence-corrected chi connectivity index (χ1v) is 4.17. The van der Waals surface area contributed by atoms with Crippen LogP contribution in [0.1, 0.15) is 13.3 Å². The first-order valence-electron chi connectivity index (χ1n) is 4.17. The predicted molar refractivity (Wildman–Crippen MR) is 45.8 cm³/mol. The molecule has 1 fully saturated rings. The molecule has 1 saturated heterocycles. The van der Waals surface area contributed by atoms with Gasteiger partial charge in [0.1, 0.15) is 6.04 Å². The van der Waals surface area contributed by atoms with Crippen molar-refractivity contribution in [1.29, 1.82) is 0 Å². The van der Waals surface area contributed by atoms with Crippen LogP contribution in [0.4, 0.5) is 0 Å². The highest BCUT2D eigenvalue weighted by atomic mass is 16.5. The van der Waals surface area contributed by atoms with Gasteiger partial charge in [-0.3, -0.25) is 4.79 Å². The molecule has 0 spiro atoms. The van der Waals surface area contributed by atoms with Crippen molar-refractivity contribution in [1.82, 2.24) is 4.90 Å². The van der Waals surface area contributed by atoms with Gasteiger partial charge in [0, 0.05) is 19.5 Å². The largest absolute Gasteiger partial charge is 0.467 e. The Labute approximate surface area is 76.8 Å². The van der Waals surface area contributed by atoms with Gasteiger partial charge in [0.05, 0.1) is 7.11 Å². The van der Waals surface area contributed by atoms with Crippen LogP contribution in [-0.2, 0) is 14.3 Å². The molecule has 0 aromatic heterocycles. The monoisotopic (exact) mass is 186 g/mol. The lowest BCUT2D eigenvalue weighted by atomic mass is 10.2. The van der Waals surface area contributed by atoms with E-state index in [9.17, 15) is 9.59 Å². The highest BCUT2D eigenvalue weighted by molar-refractivity contribution is 5.84. The van der Waals surface area contributed by atoms with E-state index in [1.54, 1.807) is 0 Å². The molecule has 1 rings (SSSR count). The van der Waals surface area contributed by atoms with E-state index >= 15 is 0 Å². The Morgan fingerprint density at radius 1 is 1.54 bits per heavy atom. The Morgan fingerprint density at radius 3 is 2.62 bits per heavy atom. The summed E-state index contributed by atoms with van der Waals surface area (Å²) in [7, 11) is 1.31. The fourth-order valence-corrected chi connectivity index (χ4v) is 1.58. The summed E-state index contributed by atoms with van der Waals surface area (Å²) in [6.07, 6.45) is 0.492. The zero-order valence-corrected chi connectivity index (χ0v) is 7.82. The maximum atomic E-state index is 11.2. The normalized spacial score (nSPS) is 27.5. The molecule has 2 N–H and O–H groups in total. The maximum Gasteiger partial charge on any atom is 0.328 e. The van der Waals surface area contributed by atoms with Crippen molar-refractivity contribution in [3.63, 3.8) is 0 Å². The minimum atomic E-state index is -0.488. The molecule has 2 atom stereocenters. The van der Waals surface area contributed by atoms with E-state index in [1.165, 1.54) is 18.9 Å². The van der Waals surface area contributed by atoms with Crippen molar-refractivity contribution in [3.05, 3.63) is 0 Å². The quantitative estimate of drug-likeness (QED) is 0.539. The van der Waals surface area contributed by atoms with Crippen molar-refractivity contribution in [2.75, 3.05) is 13.7 Å². The van der Waals surface area contributed by atoms with Crippen LogP contribution in [0.3, 0.4) is 0 Å². The van der Waals surface area contributed by atoms with Gasteiger partial charge in [0.25, 0.3) is 0 Å². The molecule has 0 saturated carbocycles. The number of nitrogens with two attached hydrogens (primary N) is 1. The van der Waals surface area contributed by atoms with Crippen molar-refractivity contribution in [2.24, 2.45) is 5.73 Å². The maximum absolute atomic E-state index is 11.2. The van der Waals surface area contributed by atoms with Crippen LogP contribution in [0.2, 0.25) is 0 Å². The van der Waals surface area contributed by atoms with Crippen LogP contribution in [-0.4, -0.2) is 42.5 Å². The minimum Gasteiger partial charge on any atom is -0.467 e. The molecule has 5 heteroatoms. The first kappa shape index (κ1) is 9.98. The van der Waals surface area contributed by atoms with Gasteiger partial charge in [-0.2, -0.15) is 0 Å². The molecule has 5 nitrogen and oxygen atoms in total. The van der Waals surface area contributed by atoms with E-state index in [4.69, 9.17) is 5.73 Å². The minimum absolute atomic E-state index is 0.118. The Morgan fingerprint density at radius 2 is 2.15 bits per heavy atom. The van der Waals surface area contributed by atoms with E-state index in [1.807, 2.05) is 0 Å². The summed E-state index contributed by atoms with van der Waals surface area (Å²) in [6, 6.07) is -0.606. The Hall–Kier alpha value is -1.10. The number of hydrogen-bond acceptors (Lipinski definition) is 4. The van der Waals surface area contributed by atoms with Gasteiger partial charge in [-0.15, -0.1) is 0 Å². The molecule has 0 aliphatic carbocycles. The Kier molecular flexibility index (Phi) is 2.87. The lowest BCUT2D eigenvalue weighted by Gasteiger charge is -2.20. The molecular weight excluding hydrogens is 172 g/mol. The molecule has 1 aliphatic heterocycles. The van der Waals surface area contributed by atoms with Crippen molar-refractivity contribution >= 4 is 11.9 Å². The van der Waals surface area contributed by atoms with E-state index < -0.39 is 6.04 Å². The second-order valence-electron chi connectivity index (χ2n) is 3.21. The number of carbonyl (C=O) groups is 2. The van der Waals surface area contributed by atoms with Gasteiger partial charge < -0.3 is 15.4 Å². The number of hydrogen-bond donors (Lipinski definition) is 1. The summed E-state index contributed by atoms with van der Waals surface area (Å²) in [5, 5.41) is 0. The number of rotatable bonds is 1. The molecule has 0 aromatic carbocycles. The number of nitrogens with zero attached hydrogens (tertiary/aromatic N) is 1. The average molecular weight is 186 g/mol. The molecule has 0 aromatic rings. The second kappa shape index (κ2) is 3.74. The van der Waals surface area contributed by atoms with Gasteiger partial charge in [-0.05, 0) is 6.42 Å². The number of amides is 1. The number of likely N-dealkylation sites (tertiary alicyclic amines) is 1. The third-order valence-electron chi connectivity index (χ3n) is 2.21. The molecule has 0 radical (unpaired) electrons. The molecule has 74 valence electrons. The number of carbonyl (C=O) groups excluding carboxylic acids is 2. The van der Waals surface area contributed by atoms with Crippen LogP contribution >= 0.6 is 0 Å². The zero-order chi connectivity index (χ0) is 10.0. The second-order valence-corrected chi connectivity index (χ2v) is 3.21. The third kappa shape index (κ3) is 1.98. The van der Waals surface area contributed by atoms with E-state index in [-0.39, 0.29) is 17.9 Å². The molecule has 1 aliphatic rings. The highest BCUT2D eigenvalue weighted by Crippen LogP contribution is 2.17. The van der Waals surface area contributed by atoms with E-state index in [2.05, 4.69) is 4.74 Å². The summed E-state index contributed by atoms with van der Waals surface area (Å²) < 4.78 is 4.57. The fourth-order valence-electron chi connectivity index (χ4n) is 1.58. The van der Waals surface area contributed by atoms with Crippen LogP contribution in [0.15, 0.2) is 0 Å². The molecule has 1 unspecified atom stereocenters. The first-order chi connectivity index (χ1) is 6.06. The molecular formula is C8H14N2O3. The Balaban J connectivity index is 2.71. The molecule has 0 bridgehead atoms. The van der Waals surface area contributed by atoms with E-state index in [0.29, 0.717) is 13.0 Å². The lowest BCUT2D eigenvalue weighted by Crippen LogP contribution is -2.40. The topological polar surface area (TPSA) is 72.6 Å². The van der Waals surface area contributed by atoms with Gasteiger partial charge in [-0.1, -0.05) is 0 Å². The SMILES string of the molecule is COC(=O)[C@H]1CC(N)CN1C(C)=O. The fraction of sp³-hybridized carbons (Fsp3) is 0.750. The van der Waals surface area contributed by atoms with Crippen molar-refractivity contribution in [2.45, 2.75) is 25.4 Å². The van der Waals surface area contributed by atoms with E-state index in [0.717, 1.165) is 0 Å². The van der Waals surface area contributed by atoms with Gasteiger partial charge in [0.2, 0.25) is 5.91 Å². The summed E-state index contributed by atoms with van der Waals surface area (Å²) >= 11 is 0. The molecule has 1 heterocycles. The highest BCUT2D eigenvalue weighted by Gasteiger charge is 2.37. The van der Waals surface area contributed by atoms with Crippen LogP contribution in [0, 0.1) is 0 Å². The van der Waals surface area contributed by atoms with Gasteiger partial charge >= 0.3 is 5.97 Å². The van der Waals surface area contributed by atoms with Crippen LogP contribution in [0.25, 0.3) is 0 Å². The standard InChI is InChI=1S/C8H14N2O3/c1-5(11)10-4-6(9)3-7(10)8(12)13-2/h6-7H,3-4,9H2,1-2H3/t6?,7-/m1/s1. The zero-order valence-electron chi connectivity index (χ0n) is 7.82. The third-order valence-corrected chi connectivity index (χ3v) is 2.21. The van der Waals surface area contributed by atoms with Crippen molar-refractivity contribution in [3.8, 4) is 0 Å². The molecule has 1 amide bonds. The van der Waals surface area contributed by atoms with Gasteiger partial charge in [0.15, 0.2) is 0 Å². The number of ether oxygens (including phenoxy) is 1. The summed E-state index contributed by atoms with van der Waals surface area (Å²) in [5.41, 5.74) is 5.64. The summed E-state index contributed by atoms with van der Waals surface area (Å²) in [6.45, 7) is 1.86. The van der Waals surface area contributed by atoms with Gasteiger partial charge in [-0.25, -0.2) is 4.79 Å². The van der Waals surface area contributed by atoms with Crippen LogP contribution < -0.4 is 5.73 Å². The predicted octanol–water partition coefficient (Wildman–Crippen LogP) is -0.892. The number of esters is 1. The summed E-state index contributed by atoms with van der Waals surface area (Å²) in [4.78, 5) is 23.7. The van der Waals surface area contributed by atoms with Crippen LogP contribution in [0.5, 0.6) is 0 Å². The summed E-state index contributed by atoms with van der Waals surface area (Å²) in [5.74, 6) is -0.522. The molecule has 13 heavy (non-hydrogen) atoms.